The van der Waals surface area contributed by atoms with Gasteiger partial charge in [-0.1, -0.05) is 55.7 Å². The second kappa shape index (κ2) is 8.52. The first kappa shape index (κ1) is 27.8. The summed E-state index contributed by atoms with van der Waals surface area (Å²) in [6, 6.07) is 0. The molecule has 170 valence electrons. The Kier molecular flexibility index (Phi) is 8.46. The normalized spacial score (nSPS) is 17.6. The van der Waals surface area contributed by atoms with Crippen LogP contribution in [0.15, 0.2) is 0 Å². The molecule has 0 nitrogen and oxygen atoms in total. The molecule has 0 saturated heterocycles. The highest BCUT2D eigenvalue weighted by molar-refractivity contribution is 14.1. The highest BCUT2D eigenvalue weighted by Gasteiger charge is 2.91. The summed E-state index contributed by atoms with van der Waals surface area (Å²) in [6.45, 7) is 2.44. The van der Waals surface area contributed by atoms with Crippen molar-refractivity contribution in [1.82, 2.24) is 0 Å². The van der Waals surface area contributed by atoms with Crippen LogP contribution in [0.5, 0.6) is 0 Å². The molecule has 14 heteroatoms. The van der Waals surface area contributed by atoms with Crippen molar-refractivity contribution in [2.24, 2.45) is 5.92 Å². The van der Waals surface area contributed by atoms with Crippen LogP contribution in [0.25, 0.3) is 0 Å². The van der Waals surface area contributed by atoms with Crippen molar-refractivity contribution in [3.05, 3.63) is 0 Å². The molecule has 0 spiro atoms. The third-order valence-corrected chi connectivity index (χ3v) is 4.96. The molecule has 0 aromatic heterocycles. The van der Waals surface area contributed by atoms with Gasteiger partial charge in [0, 0.05) is 9.84 Å². The van der Waals surface area contributed by atoms with Gasteiger partial charge in [0.15, 0.2) is 0 Å². The number of alkyl halides is 14. The topological polar surface area (TPSA) is 0 Å². The molecule has 0 N–H and O–H groups in total. The summed E-state index contributed by atoms with van der Waals surface area (Å²) in [7, 11) is 0. The van der Waals surface area contributed by atoms with Crippen LogP contribution in [-0.4, -0.2) is 39.7 Å². The van der Waals surface area contributed by atoms with Gasteiger partial charge in [-0.15, -0.1) is 0 Å². The Bertz CT molecular complexity index is 510. The van der Waals surface area contributed by atoms with Crippen molar-refractivity contribution >= 4 is 22.6 Å². The molecule has 0 aliphatic heterocycles. The van der Waals surface area contributed by atoms with Gasteiger partial charge in [0.2, 0.25) is 0 Å². The Morgan fingerprint density at radius 1 is 0.643 bits per heavy atom. The van der Waals surface area contributed by atoms with Crippen molar-refractivity contribution in [3.8, 4) is 0 Å². The number of hydrogen-bond acceptors (Lipinski definition) is 0. The highest BCUT2D eigenvalue weighted by Crippen LogP contribution is 2.62. The fourth-order valence-electron chi connectivity index (χ4n) is 2.33. The van der Waals surface area contributed by atoms with E-state index in [1.807, 2.05) is 0 Å². The first-order valence-corrected chi connectivity index (χ1v) is 8.99. The van der Waals surface area contributed by atoms with Gasteiger partial charge in [-0.25, -0.2) is 0 Å². The maximum absolute atomic E-state index is 14.2. The third-order valence-electron chi connectivity index (χ3n) is 4.10. The SMILES string of the molecule is CCCCCC(C(C)I)C(F)(F)C(F)(F)C(F)(F)C(F)(F)C(F)(F)C(F)(F)F. The van der Waals surface area contributed by atoms with E-state index in [-0.39, 0.29) is 12.8 Å². The van der Waals surface area contributed by atoms with Crippen molar-refractivity contribution < 1.29 is 57.1 Å². The molecular formula is C14H16F13I. The number of hydrogen-bond donors (Lipinski definition) is 0. The van der Waals surface area contributed by atoms with E-state index in [0.29, 0.717) is 6.42 Å². The van der Waals surface area contributed by atoms with E-state index in [1.165, 1.54) is 0 Å². The largest absolute Gasteiger partial charge is 0.460 e. The monoisotopic (exact) mass is 558 g/mol. The van der Waals surface area contributed by atoms with E-state index in [9.17, 15) is 57.1 Å². The molecule has 0 amide bonds. The molecule has 0 saturated carbocycles. The van der Waals surface area contributed by atoms with Crippen molar-refractivity contribution in [3.63, 3.8) is 0 Å². The number of halogens is 14. The molecule has 0 aromatic rings. The van der Waals surface area contributed by atoms with Gasteiger partial charge in [-0.3, -0.25) is 0 Å². The molecule has 2 unspecified atom stereocenters. The first-order valence-electron chi connectivity index (χ1n) is 7.74. The summed E-state index contributed by atoms with van der Waals surface area (Å²) in [5.41, 5.74) is 0. The van der Waals surface area contributed by atoms with Gasteiger partial charge in [-0.2, -0.15) is 57.1 Å². The Hall–Kier alpha value is -0.180. The van der Waals surface area contributed by atoms with Crippen LogP contribution in [0.4, 0.5) is 57.1 Å². The van der Waals surface area contributed by atoms with Gasteiger partial charge in [0.25, 0.3) is 0 Å². The van der Waals surface area contributed by atoms with Crippen LogP contribution >= 0.6 is 22.6 Å². The van der Waals surface area contributed by atoms with E-state index in [4.69, 9.17) is 0 Å². The molecule has 0 bridgehead atoms. The van der Waals surface area contributed by atoms with Crippen LogP contribution in [0.3, 0.4) is 0 Å². The van der Waals surface area contributed by atoms with Gasteiger partial charge < -0.3 is 0 Å². The number of rotatable bonds is 10. The van der Waals surface area contributed by atoms with Gasteiger partial charge >= 0.3 is 35.8 Å². The zero-order valence-electron chi connectivity index (χ0n) is 14.3. The van der Waals surface area contributed by atoms with Gasteiger partial charge in [0.1, 0.15) is 0 Å². The van der Waals surface area contributed by atoms with E-state index >= 15 is 0 Å². The van der Waals surface area contributed by atoms with Gasteiger partial charge in [0.05, 0.1) is 0 Å². The maximum atomic E-state index is 14.2. The smallest absolute Gasteiger partial charge is 0.199 e. The molecule has 28 heavy (non-hydrogen) atoms. The van der Waals surface area contributed by atoms with Crippen molar-refractivity contribution in [1.29, 1.82) is 0 Å². The zero-order chi connectivity index (χ0) is 23.0. The minimum absolute atomic E-state index is 0.181. The Morgan fingerprint density at radius 3 is 1.36 bits per heavy atom. The predicted molar refractivity (Wildman–Crippen MR) is 81.9 cm³/mol. The molecular weight excluding hydrogens is 542 g/mol. The number of unbranched alkanes of at least 4 members (excludes halogenated alkanes) is 2. The summed E-state index contributed by atoms with van der Waals surface area (Å²) >= 11 is 1.13. The van der Waals surface area contributed by atoms with Crippen molar-refractivity contribution in [2.45, 2.75) is 79.2 Å². The lowest BCUT2D eigenvalue weighted by Crippen LogP contribution is -2.71. The van der Waals surface area contributed by atoms with E-state index in [1.54, 1.807) is 6.92 Å². The van der Waals surface area contributed by atoms with Crippen LogP contribution in [0.1, 0.15) is 39.5 Å². The molecule has 0 radical (unpaired) electrons. The minimum Gasteiger partial charge on any atom is -0.199 e. The Balaban J connectivity index is 6.28. The average molecular weight is 558 g/mol. The lowest BCUT2D eigenvalue weighted by Gasteiger charge is -2.42. The van der Waals surface area contributed by atoms with Crippen LogP contribution < -0.4 is 0 Å². The summed E-state index contributed by atoms with van der Waals surface area (Å²) < 4.78 is 170. The highest BCUT2D eigenvalue weighted by atomic mass is 127. The summed E-state index contributed by atoms with van der Waals surface area (Å²) in [6.07, 6.45) is -7.89. The summed E-state index contributed by atoms with van der Waals surface area (Å²) in [5.74, 6) is -39.1. The Labute approximate surface area is 165 Å². The fraction of sp³-hybridized carbons (Fsp3) is 1.00. The molecule has 0 aliphatic rings. The molecule has 0 aliphatic carbocycles. The van der Waals surface area contributed by atoms with Crippen molar-refractivity contribution in [2.75, 3.05) is 0 Å². The molecule has 0 fully saturated rings. The second-order valence-electron chi connectivity index (χ2n) is 6.20. The molecule has 0 heterocycles. The van der Waals surface area contributed by atoms with E-state index in [0.717, 1.165) is 29.5 Å². The molecule has 0 aromatic carbocycles. The van der Waals surface area contributed by atoms with E-state index < -0.39 is 52.1 Å². The Morgan fingerprint density at radius 2 is 1.04 bits per heavy atom. The quantitative estimate of drug-likeness (QED) is 0.111. The first-order chi connectivity index (χ1) is 12.1. The molecule has 0 rings (SSSR count). The summed E-state index contributed by atoms with van der Waals surface area (Å²) in [5, 5.41) is 0. The third kappa shape index (κ3) is 4.44. The zero-order valence-corrected chi connectivity index (χ0v) is 16.4. The fourth-order valence-corrected chi connectivity index (χ4v) is 3.14. The van der Waals surface area contributed by atoms with Gasteiger partial charge in [-0.05, 0) is 6.42 Å². The second-order valence-corrected chi connectivity index (χ2v) is 8.16. The predicted octanol–water partition coefficient (Wildman–Crippen LogP) is 7.75. The minimum atomic E-state index is -7.84. The van der Waals surface area contributed by atoms with Crippen LogP contribution in [-0.2, 0) is 0 Å². The lowest BCUT2D eigenvalue weighted by molar-refractivity contribution is -0.443. The van der Waals surface area contributed by atoms with Crippen LogP contribution in [0.2, 0.25) is 0 Å². The lowest BCUT2D eigenvalue weighted by atomic mass is 9.83. The van der Waals surface area contributed by atoms with Crippen LogP contribution in [0, 0.1) is 5.92 Å². The summed E-state index contributed by atoms with van der Waals surface area (Å²) in [4.78, 5) is 0. The standard InChI is InChI=1S/C14H16F13I/c1-3-4-5-6-8(7(2)28)9(15,16)10(17,18)11(19,20)12(21,22)13(23,24)14(25,26)27/h7-8H,3-6H2,1-2H3. The molecule has 2 atom stereocenters. The van der Waals surface area contributed by atoms with E-state index in [2.05, 4.69) is 0 Å². The maximum Gasteiger partial charge on any atom is 0.460 e. The average Bonchev–Trinajstić information content (AvgIpc) is 2.48.